The predicted octanol–water partition coefficient (Wildman–Crippen LogP) is 6.48. The molecule has 8 heteroatoms. The van der Waals surface area contributed by atoms with Gasteiger partial charge in [0.25, 0.3) is 5.91 Å². The van der Waals surface area contributed by atoms with Crippen LogP contribution in [0, 0.1) is 6.92 Å². The molecular formula is C31H28N2O5S. The van der Waals surface area contributed by atoms with Gasteiger partial charge in [-0.05, 0) is 36.6 Å². The number of carbonyl (C=O) groups excluding carboxylic acids is 2. The molecule has 39 heavy (non-hydrogen) atoms. The van der Waals surface area contributed by atoms with Gasteiger partial charge < -0.3 is 14.6 Å². The molecule has 5 rings (SSSR count). The number of Topliss-reactive ketones (excluding diaryl/α,β-unsaturated/α-hetero) is 1. The number of benzene rings is 3. The Balaban J connectivity index is 1.63. The summed E-state index contributed by atoms with van der Waals surface area (Å²) in [5.74, 6) is -0.744. The molecule has 1 aliphatic rings. The number of ether oxygens (including phenoxy) is 2. The van der Waals surface area contributed by atoms with Crippen molar-refractivity contribution in [3.63, 3.8) is 0 Å². The number of hydrogen-bond acceptors (Lipinski definition) is 7. The lowest BCUT2D eigenvalue weighted by Crippen LogP contribution is -2.31. The molecule has 1 atom stereocenters. The van der Waals surface area contributed by atoms with Crippen molar-refractivity contribution in [2.75, 3.05) is 19.1 Å². The van der Waals surface area contributed by atoms with Crippen molar-refractivity contribution < 1.29 is 24.2 Å². The molecule has 4 aromatic rings. The summed E-state index contributed by atoms with van der Waals surface area (Å²) in [5, 5.41) is 11.9. The van der Waals surface area contributed by atoms with Crippen LogP contribution in [0.5, 0.6) is 11.5 Å². The maximum Gasteiger partial charge on any atom is 0.294 e. The van der Waals surface area contributed by atoms with E-state index in [4.69, 9.17) is 9.47 Å². The lowest BCUT2D eigenvalue weighted by molar-refractivity contribution is -0.117. The van der Waals surface area contributed by atoms with Crippen LogP contribution in [-0.2, 0) is 11.2 Å². The van der Waals surface area contributed by atoms with Gasteiger partial charge in [0.05, 0.1) is 36.4 Å². The highest BCUT2D eigenvalue weighted by molar-refractivity contribution is 7.17. The minimum atomic E-state index is -0.851. The number of nitrogens with zero attached hydrogens (tertiary/aromatic N) is 2. The summed E-state index contributed by atoms with van der Waals surface area (Å²) in [5.41, 5.74) is 3.74. The molecule has 0 spiro atoms. The van der Waals surface area contributed by atoms with Crippen molar-refractivity contribution in [2.45, 2.75) is 26.3 Å². The topological polar surface area (TPSA) is 89.0 Å². The van der Waals surface area contributed by atoms with Crippen LogP contribution in [0.3, 0.4) is 0 Å². The highest BCUT2D eigenvalue weighted by Gasteiger charge is 2.45. The fraction of sp³-hybridized carbons (Fsp3) is 0.194. The van der Waals surface area contributed by atoms with E-state index >= 15 is 0 Å². The van der Waals surface area contributed by atoms with E-state index in [1.807, 2.05) is 54.6 Å². The molecule has 1 aromatic heterocycles. The number of hydrogen-bond donors (Lipinski definition) is 1. The van der Waals surface area contributed by atoms with Crippen LogP contribution >= 0.6 is 11.3 Å². The van der Waals surface area contributed by atoms with E-state index in [0.717, 1.165) is 17.5 Å². The summed E-state index contributed by atoms with van der Waals surface area (Å²) in [7, 11) is 3.04. The fourth-order valence-electron chi connectivity index (χ4n) is 4.76. The first-order chi connectivity index (χ1) is 18.9. The zero-order valence-corrected chi connectivity index (χ0v) is 22.9. The summed E-state index contributed by atoms with van der Waals surface area (Å²) in [6.07, 6.45) is 0.846. The number of aryl methyl sites for hydroxylation is 2. The standard InChI is InChI=1S/C31H28N2O5S/c1-5-19-11-13-20(14-12-19)26-25(27(34)29-18(2)32-30(39-29)21-9-7-6-8-10-21)28(35)31(36)33(26)22-15-16-23(37-3)24(17-22)38-4/h6-17,26,35H,5H2,1-4H3. The second-order valence-electron chi connectivity index (χ2n) is 9.10. The van der Waals surface area contributed by atoms with Crippen LogP contribution in [0.15, 0.2) is 84.1 Å². The van der Waals surface area contributed by atoms with E-state index in [9.17, 15) is 14.7 Å². The SMILES string of the molecule is CCc1ccc(C2C(C(=O)c3sc(-c4ccccc4)nc3C)=C(O)C(=O)N2c2ccc(OC)c(OC)c2)cc1. The highest BCUT2D eigenvalue weighted by Crippen LogP contribution is 2.45. The zero-order chi connectivity index (χ0) is 27.7. The summed E-state index contributed by atoms with van der Waals surface area (Å²) in [4.78, 5) is 34.1. The lowest BCUT2D eigenvalue weighted by Gasteiger charge is -2.27. The molecule has 0 saturated heterocycles. The summed E-state index contributed by atoms with van der Waals surface area (Å²) in [6, 6.07) is 21.5. The largest absolute Gasteiger partial charge is 0.503 e. The molecule has 0 aliphatic carbocycles. The van der Waals surface area contributed by atoms with Crippen LogP contribution in [0.1, 0.15) is 39.5 Å². The molecule has 0 radical (unpaired) electrons. The third-order valence-electron chi connectivity index (χ3n) is 6.83. The normalized spacial score (nSPS) is 15.1. The van der Waals surface area contributed by atoms with Gasteiger partial charge in [-0.25, -0.2) is 4.98 Å². The first-order valence-corrected chi connectivity index (χ1v) is 13.3. The number of methoxy groups -OCH3 is 2. The Morgan fingerprint density at radius 3 is 2.33 bits per heavy atom. The Morgan fingerprint density at radius 2 is 1.69 bits per heavy atom. The Kier molecular flexibility index (Phi) is 7.21. The van der Waals surface area contributed by atoms with Crippen LogP contribution in [0.2, 0.25) is 0 Å². The van der Waals surface area contributed by atoms with Gasteiger partial charge in [-0.15, -0.1) is 11.3 Å². The van der Waals surface area contributed by atoms with E-state index in [1.165, 1.54) is 30.5 Å². The van der Waals surface area contributed by atoms with E-state index in [0.29, 0.717) is 38.3 Å². The molecule has 0 fully saturated rings. The van der Waals surface area contributed by atoms with E-state index in [1.54, 1.807) is 25.1 Å². The zero-order valence-electron chi connectivity index (χ0n) is 22.1. The average molecular weight is 541 g/mol. The number of carbonyl (C=O) groups is 2. The van der Waals surface area contributed by atoms with E-state index in [2.05, 4.69) is 11.9 Å². The van der Waals surface area contributed by atoms with Gasteiger partial charge in [0.15, 0.2) is 17.3 Å². The summed E-state index contributed by atoms with van der Waals surface area (Å²) >= 11 is 1.25. The molecule has 1 N–H and O–H groups in total. The Labute approximate surface area is 231 Å². The molecule has 7 nitrogen and oxygen atoms in total. The number of amides is 1. The molecule has 0 bridgehead atoms. The maximum absolute atomic E-state index is 14.1. The van der Waals surface area contributed by atoms with Crippen molar-refractivity contribution >= 4 is 28.7 Å². The van der Waals surface area contributed by atoms with Crippen molar-refractivity contribution in [2.24, 2.45) is 0 Å². The summed E-state index contributed by atoms with van der Waals surface area (Å²) < 4.78 is 10.8. The average Bonchev–Trinajstić information content (AvgIpc) is 3.49. The highest BCUT2D eigenvalue weighted by atomic mass is 32.1. The second-order valence-corrected chi connectivity index (χ2v) is 10.1. The molecule has 1 aliphatic heterocycles. The molecule has 1 amide bonds. The minimum Gasteiger partial charge on any atom is -0.503 e. The smallest absolute Gasteiger partial charge is 0.294 e. The van der Waals surface area contributed by atoms with Crippen LogP contribution in [0.25, 0.3) is 10.6 Å². The maximum atomic E-state index is 14.1. The number of anilines is 1. The van der Waals surface area contributed by atoms with Crippen LogP contribution in [-0.4, -0.2) is 36.0 Å². The number of thiazole rings is 1. The number of ketones is 1. The predicted molar refractivity (Wildman–Crippen MR) is 152 cm³/mol. The summed E-state index contributed by atoms with van der Waals surface area (Å²) in [6.45, 7) is 3.82. The number of aliphatic hydroxyl groups excluding tert-OH is 1. The van der Waals surface area contributed by atoms with Crippen LogP contribution < -0.4 is 14.4 Å². The Bertz CT molecular complexity index is 1570. The van der Waals surface area contributed by atoms with Crippen molar-refractivity contribution in [1.29, 1.82) is 0 Å². The van der Waals surface area contributed by atoms with Gasteiger partial charge in [0.2, 0.25) is 5.78 Å². The van der Waals surface area contributed by atoms with E-state index in [-0.39, 0.29) is 5.57 Å². The third-order valence-corrected chi connectivity index (χ3v) is 8.03. The van der Waals surface area contributed by atoms with Gasteiger partial charge in [0.1, 0.15) is 5.01 Å². The number of aromatic nitrogens is 1. The molecule has 1 unspecified atom stereocenters. The molecule has 0 saturated carbocycles. The number of rotatable bonds is 8. The Hall–Kier alpha value is -4.43. The molecule has 3 aromatic carbocycles. The number of aliphatic hydroxyl groups is 1. The lowest BCUT2D eigenvalue weighted by atomic mass is 9.94. The Morgan fingerprint density at radius 1 is 1.00 bits per heavy atom. The van der Waals surface area contributed by atoms with Gasteiger partial charge in [0, 0.05) is 17.3 Å². The molecular weight excluding hydrogens is 512 g/mol. The van der Waals surface area contributed by atoms with Crippen molar-refractivity contribution in [1.82, 2.24) is 4.98 Å². The van der Waals surface area contributed by atoms with Crippen molar-refractivity contribution in [3.05, 3.63) is 106 Å². The quantitative estimate of drug-likeness (QED) is 0.257. The van der Waals surface area contributed by atoms with Gasteiger partial charge >= 0.3 is 0 Å². The molecule has 198 valence electrons. The van der Waals surface area contributed by atoms with Crippen LogP contribution in [0.4, 0.5) is 5.69 Å². The minimum absolute atomic E-state index is 0.0189. The first-order valence-electron chi connectivity index (χ1n) is 12.5. The second kappa shape index (κ2) is 10.7. The molecule has 2 heterocycles. The van der Waals surface area contributed by atoms with Gasteiger partial charge in [-0.2, -0.15) is 0 Å². The fourth-order valence-corrected chi connectivity index (χ4v) is 5.79. The van der Waals surface area contributed by atoms with Gasteiger partial charge in [-0.3, -0.25) is 14.5 Å². The first kappa shape index (κ1) is 26.2. The van der Waals surface area contributed by atoms with E-state index < -0.39 is 23.5 Å². The van der Waals surface area contributed by atoms with Crippen molar-refractivity contribution in [3.8, 4) is 22.1 Å². The van der Waals surface area contributed by atoms with Gasteiger partial charge in [-0.1, -0.05) is 61.5 Å². The third kappa shape index (κ3) is 4.68. The monoisotopic (exact) mass is 540 g/mol.